The molecule has 0 aliphatic carbocycles. The number of urea groups is 1. The fourth-order valence-corrected chi connectivity index (χ4v) is 3.58. The standard InChI is InChI=1S/C22H23N5O3/c1-13(2)19(20-23-15-10-6-7-11-16(15)24-20)26-18(28)12-17-21(29)27(22(30)25-17)14-8-4-3-5-9-14/h3-11,13,17,19H,12H2,1-2H3,(H,23,24)(H,25,30)(H,26,28)/t17-,19-/m1/s1. The molecule has 0 saturated carbocycles. The number of nitrogens with one attached hydrogen (secondary N) is 3. The highest BCUT2D eigenvalue weighted by Gasteiger charge is 2.40. The van der Waals surface area contributed by atoms with Gasteiger partial charge >= 0.3 is 6.03 Å². The number of aromatic nitrogens is 2. The van der Waals surface area contributed by atoms with Crippen LogP contribution in [0.5, 0.6) is 0 Å². The van der Waals surface area contributed by atoms with E-state index in [1.165, 1.54) is 0 Å². The minimum atomic E-state index is -0.902. The molecule has 8 heteroatoms. The first kappa shape index (κ1) is 19.6. The van der Waals surface area contributed by atoms with Gasteiger partial charge in [-0.2, -0.15) is 0 Å². The Morgan fingerprint density at radius 3 is 2.50 bits per heavy atom. The van der Waals surface area contributed by atoms with Crippen molar-refractivity contribution in [2.24, 2.45) is 5.92 Å². The Kier molecular flexibility index (Phi) is 5.22. The molecule has 30 heavy (non-hydrogen) atoms. The van der Waals surface area contributed by atoms with Gasteiger partial charge in [-0.25, -0.2) is 14.7 Å². The molecule has 3 aromatic rings. The largest absolute Gasteiger partial charge is 0.346 e. The summed E-state index contributed by atoms with van der Waals surface area (Å²) in [5.41, 5.74) is 2.19. The van der Waals surface area contributed by atoms with Crippen LogP contribution < -0.4 is 15.5 Å². The smallest absolute Gasteiger partial charge is 0.329 e. The van der Waals surface area contributed by atoms with Gasteiger partial charge in [0.05, 0.1) is 29.2 Å². The number of fused-ring (bicyclic) bond motifs is 1. The monoisotopic (exact) mass is 405 g/mol. The first-order valence-corrected chi connectivity index (χ1v) is 9.87. The Morgan fingerprint density at radius 2 is 1.80 bits per heavy atom. The molecule has 0 bridgehead atoms. The number of H-pyrrole nitrogens is 1. The maximum Gasteiger partial charge on any atom is 0.329 e. The number of hydrogen-bond donors (Lipinski definition) is 3. The van der Waals surface area contributed by atoms with E-state index in [1.54, 1.807) is 30.3 Å². The van der Waals surface area contributed by atoms with Crippen molar-refractivity contribution < 1.29 is 14.4 Å². The minimum Gasteiger partial charge on any atom is -0.346 e. The lowest BCUT2D eigenvalue weighted by molar-refractivity contribution is -0.126. The molecule has 2 heterocycles. The Balaban J connectivity index is 1.46. The number of carbonyl (C=O) groups excluding carboxylic acids is 3. The summed E-state index contributed by atoms with van der Waals surface area (Å²) in [7, 11) is 0. The summed E-state index contributed by atoms with van der Waals surface area (Å²) in [6.07, 6.45) is -0.142. The van der Waals surface area contributed by atoms with Crippen LogP contribution in [0.4, 0.5) is 10.5 Å². The summed E-state index contributed by atoms with van der Waals surface area (Å²) in [4.78, 5) is 46.6. The number of rotatable bonds is 6. The summed E-state index contributed by atoms with van der Waals surface area (Å²) in [5, 5.41) is 5.56. The van der Waals surface area contributed by atoms with E-state index >= 15 is 0 Å². The van der Waals surface area contributed by atoms with Gasteiger partial charge in [-0.3, -0.25) is 9.59 Å². The number of anilines is 1. The molecule has 2 atom stereocenters. The molecule has 4 rings (SSSR count). The molecule has 0 spiro atoms. The molecule has 154 valence electrons. The van der Waals surface area contributed by atoms with Crippen molar-refractivity contribution in [2.75, 3.05) is 4.90 Å². The maximum atomic E-state index is 12.7. The van der Waals surface area contributed by atoms with E-state index in [-0.39, 0.29) is 24.3 Å². The highest BCUT2D eigenvalue weighted by atomic mass is 16.2. The highest BCUT2D eigenvalue weighted by Crippen LogP contribution is 2.23. The average molecular weight is 405 g/mol. The molecule has 0 radical (unpaired) electrons. The SMILES string of the molecule is CC(C)[C@@H](NC(=O)C[C@H]1NC(=O)N(c2ccccc2)C1=O)c1nc2ccccc2[nH]1. The predicted molar refractivity (Wildman–Crippen MR) is 113 cm³/mol. The van der Waals surface area contributed by atoms with E-state index in [0.29, 0.717) is 11.5 Å². The average Bonchev–Trinajstić information content (AvgIpc) is 3.27. The van der Waals surface area contributed by atoms with Crippen molar-refractivity contribution in [3.8, 4) is 0 Å². The van der Waals surface area contributed by atoms with E-state index in [2.05, 4.69) is 20.6 Å². The van der Waals surface area contributed by atoms with E-state index in [1.807, 2.05) is 38.1 Å². The molecule has 1 fully saturated rings. The molecular formula is C22H23N5O3. The molecule has 1 aliphatic rings. The predicted octanol–water partition coefficient (Wildman–Crippen LogP) is 2.89. The second-order valence-electron chi connectivity index (χ2n) is 7.64. The molecule has 0 unspecified atom stereocenters. The lowest BCUT2D eigenvalue weighted by Gasteiger charge is -2.21. The molecule has 4 amide bonds. The zero-order chi connectivity index (χ0) is 21.3. The number of imidazole rings is 1. The summed E-state index contributed by atoms with van der Waals surface area (Å²) in [5.74, 6) is -0.0367. The zero-order valence-electron chi connectivity index (χ0n) is 16.8. The van der Waals surface area contributed by atoms with Gasteiger partial charge in [0, 0.05) is 0 Å². The third-order valence-corrected chi connectivity index (χ3v) is 5.11. The second-order valence-corrected chi connectivity index (χ2v) is 7.64. The number of imide groups is 1. The Bertz CT molecular complexity index is 1060. The van der Waals surface area contributed by atoms with Crippen LogP contribution in [-0.4, -0.2) is 33.9 Å². The molecule has 1 saturated heterocycles. The van der Waals surface area contributed by atoms with E-state index < -0.39 is 18.0 Å². The van der Waals surface area contributed by atoms with Gasteiger partial charge in [0.25, 0.3) is 5.91 Å². The van der Waals surface area contributed by atoms with Gasteiger partial charge in [-0.1, -0.05) is 44.2 Å². The summed E-state index contributed by atoms with van der Waals surface area (Å²) in [6.45, 7) is 3.97. The van der Waals surface area contributed by atoms with E-state index in [0.717, 1.165) is 15.9 Å². The van der Waals surface area contributed by atoms with E-state index in [4.69, 9.17) is 0 Å². The third-order valence-electron chi connectivity index (χ3n) is 5.11. The molecule has 8 nitrogen and oxygen atoms in total. The van der Waals surface area contributed by atoms with Crippen LogP contribution in [0.15, 0.2) is 54.6 Å². The Labute approximate surface area is 173 Å². The van der Waals surface area contributed by atoms with Crippen LogP contribution in [0.1, 0.15) is 32.1 Å². The first-order valence-electron chi connectivity index (χ1n) is 9.87. The van der Waals surface area contributed by atoms with Crippen LogP contribution in [0.25, 0.3) is 11.0 Å². The lowest BCUT2D eigenvalue weighted by atomic mass is 10.0. The number of hydrogen-bond acceptors (Lipinski definition) is 4. The Hall–Kier alpha value is -3.68. The highest BCUT2D eigenvalue weighted by molar-refractivity contribution is 6.22. The molecule has 2 aromatic carbocycles. The van der Waals surface area contributed by atoms with Gasteiger partial charge in [-0.05, 0) is 30.2 Å². The van der Waals surface area contributed by atoms with Gasteiger partial charge < -0.3 is 15.6 Å². The quantitative estimate of drug-likeness (QED) is 0.548. The van der Waals surface area contributed by atoms with Crippen molar-refractivity contribution in [3.63, 3.8) is 0 Å². The van der Waals surface area contributed by atoms with Crippen molar-refractivity contribution in [2.45, 2.75) is 32.4 Å². The van der Waals surface area contributed by atoms with Crippen LogP contribution in [-0.2, 0) is 9.59 Å². The number of nitrogens with zero attached hydrogens (tertiary/aromatic N) is 2. The number of para-hydroxylation sites is 3. The summed E-state index contributed by atoms with van der Waals surface area (Å²) in [6, 6.07) is 14.5. The van der Waals surface area contributed by atoms with Crippen LogP contribution in [0.2, 0.25) is 0 Å². The van der Waals surface area contributed by atoms with Crippen LogP contribution >= 0.6 is 0 Å². The van der Waals surface area contributed by atoms with Gasteiger partial charge in [0.2, 0.25) is 5.91 Å². The fourth-order valence-electron chi connectivity index (χ4n) is 3.58. The topological polar surface area (TPSA) is 107 Å². The summed E-state index contributed by atoms with van der Waals surface area (Å²) >= 11 is 0. The van der Waals surface area contributed by atoms with Crippen LogP contribution in [0.3, 0.4) is 0 Å². The van der Waals surface area contributed by atoms with E-state index in [9.17, 15) is 14.4 Å². The third kappa shape index (κ3) is 3.76. The van der Waals surface area contributed by atoms with Crippen LogP contribution in [0, 0.1) is 5.92 Å². The first-order chi connectivity index (χ1) is 14.4. The van der Waals surface area contributed by atoms with Gasteiger partial charge in [0.15, 0.2) is 0 Å². The van der Waals surface area contributed by atoms with Gasteiger partial charge in [-0.15, -0.1) is 0 Å². The number of aromatic amines is 1. The molecule has 1 aliphatic heterocycles. The normalized spacial score (nSPS) is 17.4. The fraction of sp³-hybridized carbons (Fsp3) is 0.273. The second kappa shape index (κ2) is 7.98. The Morgan fingerprint density at radius 1 is 1.10 bits per heavy atom. The maximum absolute atomic E-state index is 12.7. The minimum absolute atomic E-state index is 0.0733. The lowest BCUT2D eigenvalue weighted by Crippen LogP contribution is -2.39. The zero-order valence-corrected chi connectivity index (χ0v) is 16.8. The van der Waals surface area contributed by atoms with Crippen molar-refractivity contribution in [3.05, 3.63) is 60.4 Å². The number of benzene rings is 2. The summed E-state index contributed by atoms with van der Waals surface area (Å²) < 4.78 is 0. The van der Waals surface area contributed by atoms with Crippen molar-refractivity contribution in [1.82, 2.24) is 20.6 Å². The van der Waals surface area contributed by atoms with Gasteiger partial charge in [0.1, 0.15) is 11.9 Å². The van der Waals surface area contributed by atoms with Crippen molar-refractivity contribution >= 4 is 34.6 Å². The number of amides is 4. The molecular weight excluding hydrogens is 382 g/mol. The molecule has 3 N–H and O–H groups in total. The molecule has 1 aromatic heterocycles. The number of carbonyl (C=O) groups is 3. The van der Waals surface area contributed by atoms with Crippen molar-refractivity contribution in [1.29, 1.82) is 0 Å².